The van der Waals surface area contributed by atoms with E-state index in [1.165, 1.54) is 10.9 Å². The summed E-state index contributed by atoms with van der Waals surface area (Å²) < 4.78 is 4.58. The highest BCUT2D eigenvalue weighted by Gasteiger charge is 2.27. The number of aromatic nitrogens is 6. The summed E-state index contributed by atoms with van der Waals surface area (Å²) in [5, 5.41) is 11.1. The molecule has 12 nitrogen and oxygen atoms in total. The minimum absolute atomic E-state index is 0.167. The molecule has 0 saturated heterocycles. The van der Waals surface area contributed by atoms with E-state index in [2.05, 4.69) is 32.3 Å². The number of hydrogen-bond acceptors (Lipinski definition) is 7. The molecule has 0 bridgehead atoms. The minimum Gasteiger partial charge on any atom is -0.382 e. The molecular formula is C33H30N9O3+. The Labute approximate surface area is 257 Å². The van der Waals surface area contributed by atoms with E-state index in [0.29, 0.717) is 44.6 Å². The van der Waals surface area contributed by atoms with Crippen LogP contribution < -0.4 is 26.9 Å². The molecule has 4 aromatic heterocycles. The minimum atomic E-state index is -0.722. The molecule has 0 saturated carbocycles. The zero-order valence-electron chi connectivity index (χ0n) is 24.8. The maximum atomic E-state index is 14.4. The molecule has 0 fully saturated rings. The van der Waals surface area contributed by atoms with E-state index in [4.69, 9.17) is 11.5 Å². The largest absolute Gasteiger partial charge is 0.382 e. The highest BCUT2D eigenvalue weighted by molar-refractivity contribution is 6.03. The lowest BCUT2D eigenvalue weighted by Crippen LogP contribution is -2.33. The SMILES string of the molecule is CC(N)C(=O)c1c(C#Cc2cccc3cc(C(C)NC(=O)c4c(N)[nH][n+]5cccnc45)n(-c4ccccc4)c(=O)c23)cnn1C. The van der Waals surface area contributed by atoms with Gasteiger partial charge in [-0.1, -0.05) is 42.2 Å². The normalized spacial score (nSPS) is 12.4. The number of amides is 1. The van der Waals surface area contributed by atoms with Crippen molar-refractivity contribution < 1.29 is 14.1 Å². The second-order valence-corrected chi connectivity index (χ2v) is 10.7. The summed E-state index contributed by atoms with van der Waals surface area (Å²) in [6, 6.07) is 16.8. The van der Waals surface area contributed by atoms with Gasteiger partial charge in [-0.25, -0.2) is 5.10 Å². The molecule has 4 heterocycles. The number of anilines is 1. The van der Waals surface area contributed by atoms with E-state index >= 15 is 0 Å². The van der Waals surface area contributed by atoms with Gasteiger partial charge in [-0.2, -0.15) is 5.10 Å². The number of H-pyrrole nitrogens is 1. The number of carbonyl (C=O) groups is 2. The van der Waals surface area contributed by atoms with Crippen molar-refractivity contribution in [3.63, 3.8) is 0 Å². The van der Waals surface area contributed by atoms with Gasteiger partial charge in [0.25, 0.3) is 11.5 Å². The third-order valence-electron chi connectivity index (χ3n) is 7.51. The maximum absolute atomic E-state index is 14.4. The van der Waals surface area contributed by atoms with Gasteiger partial charge in [-0.05, 0) is 48.5 Å². The van der Waals surface area contributed by atoms with Crippen molar-refractivity contribution in [1.82, 2.24) is 29.7 Å². The molecule has 0 aliphatic carbocycles. The average Bonchev–Trinajstić information content (AvgIpc) is 3.57. The van der Waals surface area contributed by atoms with Gasteiger partial charge >= 0.3 is 5.65 Å². The van der Waals surface area contributed by atoms with Crippen LogP contribution in [0.2, 0.25) is 0 Å². The first kappa shape index (κ1) is 29.0. The standard InChI is InChI=1S/C33H29N9O3/c1-19(34)29(43)28-23(18-37-40(28)3)14-13-21-9-7-10-22-17-25(42(33(45)26(21)22)24-11-5-4-6-12-24)20(2)38-32(44)27-30(35)39-41-16-8-15-36-31(27)41/h4-12,15-20H,34H2,1-3H3,(H3,35,38,39,44)/p+1. The predicted molar refractivity (Wildman–Crippen MR) is 169 cm³/mol. The molecule has 2 aromatic carbocycles. The number of fused-ring (bicyclic) bond motifs is 2. The smallest absolute Gasteiger partial charge is 0.362 e. The summed E-state index contributed by atoms with van der Waals surface area (Å²) in [4.78, 5) is 44.9. The van der Waals surface area contributed by atoms with E-state index in [9.17, 15) is 14.4 Å². The van der Waals surface area contributed by atoms with Crippen molar-refractivity contribution in [2.75, 3.05) is 5.73 Å². The number of aromatic amines is 1. The van der Waals surface area contributed by atoms with Gasteiger partial charge in [0.05, 0.1) is 29.2 Å². The molecule has 6 N–H and O–H groups in total. The third kappa shape index (κ3) is 5.21. The fraction of sp³-hybridized carbons (Fsp3) is 0.152. The first-order valence-corrected chi connectivity index (χ1v) is 14.2. The van der Waals surface area contributed by atoms with E-state index in [1.54, 1.807) is 60.6 Å². The summed E-state index contributed by atoms with van der Waals surface area (Å²) in [6.07, 6.45) is 4.79. The highest BCUT2D eigenvalue weighted by atomic mass is 16.2. The third-order valence-corrected chi connectivity index (χ3v) is 7.51. The van der Waals surface area contributed by atoms with Gasteiger partial charge in [-0.3, -0.25) is 23.6 Å². The predicted octanol–water partition coefficient (Wildman–Crippen LogP) is 2.19. The molecular weight excluding hydrogens is 570 g/mol. The van der Waals surface area contributed by atoms with Crippen molar-refractivity contribution in [2.24, 2.45) is 12.8 Å². The van der Waals surface area contributed by atoms with Crippen molar-refractivity contribution in [1.29, 1.82) is 0 Å². The number of ketones is 1. The summed E-state index contributed by atoms with van der Waals surface area (Å²) >= 11 is 0. The molecule has 1 amide bonds. The number of Topliss-reactive ketones (excluding diaryl/α,β-unsaturated/α-hetero) is 1. The molecule has 12 heteroatoms. The number of rotatable bonds is 6. The Hall–Kier alpha value is -6.06. The Morgan fingerprint density at radius 1 is 1.04 bits per heavy atom. The summed E-state index contributed by atoms with van der Waals surface area (Å²) in [5.74, 6) is 5.55. The van der Waals surface area contributed by atoms with Crippen LogP contribution in [-0.2, 0) is 7.05 Å². The molecule has 0 spiro atoms. The lowest BCUT2D eigenvalue weighted by molar-refractivity contribution is -0.577. The van der Waals surface area contributed by atoms with Gasteiger partial charge in [0.1, 0.15) is 18.1 Å². The Morgan fingerprint density at radius 2 is 1.80 bits per heavy atom. The highest BCUT2D eigenvalue weighted by Crippen LogP contribution is 2.24. The van der Waals surface area contributed by atoms with Crippen molar-refractivity contribution >= 4 is 33.9 Å². The van der Waals surface area contributed by atoms with Gasteiger partial charge in [0, 0.05) is 30.1 Å². The van der Waals surface area contributed by atoms with Crippen LogP contribution in [0.25, 0.3) is 22.1 Å². The molecule has 45 heavy (non-hydrogen) atoms. The first-order chi connectivity index (χ1) is 21.7. The monoisotopic (exact) mass is 600 g/mol. The van der Waals surface area contributed by atoms with E-state index in [-0.39, 0.29) is 22.7 Å². The quantitative estimate of drug-likeness (QED) is 0.129. The fourth-order valence-electron chi connectivity index (χ4n) is 5.34. The van der Waals surface area contributed by atoms with E-state index in [0.717, 1.165) is 0 Å². The molecule has 224 valence electrons. The number of benzene rings is 2. The fourth-order valence-corrected chi connectivity index (χ4v) is 5.34. The molecule has 0 aliphatic heterocycles. The Morgan fingerprint density at radius 3 is 2.56 bits per heavy atom. The number of nitrogens with two attached hydrogens (primary N) is 2. The summed E-state index contributed by atoms with van der Waals surface area (Å²) in [6.45, 7) is 3.40. The van der Waals surface area contributed by atoms with Gasteiger partial charge in [0.2, 0.25) is 0 Å². The van der Waals surface area contributed by atoms with Crippen LogP contribution in [0.4, 0.5) is 5.82 Å². The second-order valence-electron chi connectivity index (χ2n) is 10.7. The number of nitrogens with zero attached hydrogens (tertiary/aromatic N) is 5. The average molecular weight is 601 g/mol. The van der Waals surface area contributed by atoms with Crippen molar-refractivity contribution in [3.8, 4) is 17.5 Å². The van der Waals surface area contributed by atoms with Crippen LogP contribution in [0.3, 0.4) is 0 Å². The molecule has 2 atom stereocenters. The zero-order chi connectivity index (χ0) is 31.8. The molecule has 6 rings (SSSR count). The lowest BCUT2D eigenvalue weighted by atomic mass is 10.0. The molecule has 2 unspecified atom stereocenters. The van der Waals surface area contributed by atoms with E-state index < -0.39 is 18.0 Å². The molecule has 0 aliphatic rings. The van der Waals surface area contributed by atoms with Crippen LogP contribution >= 0.6 is 0 Å². The van der Waals surface area contributed by atoms with Gasteiger partial charge < -0.3 is 16.8 Å². The number of para-hydroxylation sites is 1. The molecule has 6 aromatic rings. The summed E-state index contributed by atoms with van der Waals surface area (Å²) in [5.41, 5.74) is 14.6. The van der Waals surface area contributed by atoms with Crippen LogP contribution in [0, 0.1) is 11.8 Å². The summed E-state index contributed by atoms with van der Waals surface area (Å²) in [7, 11) is 1.65. The number of pyridine rings is 1. The van der Waals surface area contributed by atoms with Gasteiger partial charge in [-0.15, -0.1) is 4.52 Å². The van der Waals surface area contributed by atoms with Crippen molar-refractivity contribution in [3.05, 3.63) is 118 Å². The Balaban J connectivity index is 1.47. The van der Waals surface area contributed by atoms with Crippen LogP contribution in [-0.4, -0.2) is 42.2 Å². The van der Waals surface area contributed by atoms with Crippen LogP contribution in [0.5, 0.6) is 0 Å². The lowest BCUT2D eigenvalue weighted by Gasteiger charge is -2.21. The number of nitrogen functional groups attached to an aromatic ring is 1. The zero-order valence-corrected chi connectivity index (χ0v) is 24.8. The number of hydrogen-bond donors (Lipinski definition) is 4. The Kier molecular flexibility index (Phi) is 7.45. The van der Waals surface area contributed by atoms with Crippen LogP contribution in [0.15, 0.2) is 84.0 Å². The number of aryl methyl sites for hydroxylation is 1. The number of carbonyl (C=O) groups excluding carboxylic acids is 2. The first-order valence-electron chi connectivity index (χ1n) is 14.2. The topological polar surface area (TPSA) is 171 Å². The second kappa shape index (κ2) is 11.6. The van der Waals surface area contributed by atoms with Crippen molar-refractivity contribution in [2.45, 2.75) is 25.9 Å². The number of nitrogens with one attached hydrogen (secondary N) is 2. The van der Waals surface area contributed by atoms with E-state index in [1.807, 2.05) is 42.5 Å². The Bertz CT molecular complexity index is 2230. The van der Waals surface area contributed by atoms with Gasteiger partial charge in [0.15, 0.2) is 17.2 Å². The van der Waals surface area contributed by atoms with Crippen LogP contribution in [0.1, 0.15) is 57.6 Å². The maximum Gasteiger partial charge on any atom is 0.362 e. The molecule has 0 radical (unpaired) electrons.